The molecule has 8 rings (SSSR count). The third-order valence-electron chi connectivity index (χ3n) is 7.32. The van der Waals surface area contributed by atoms with Crippen molar-refractivity contribution in [3.05, 3.63) is 127 Å². The molecule has 0 N–H and O–H groups in total. The summed E-state index contributed by atoms with van der Waals surface area (Å²) in [4.78, 5) is 38.4. The maximum atomic E-state index is 9.98. The summed E-state index contributed by atoms with van der Waals surface area (Å²) >= 11 is 0. The van der Waals surface area contributed by atoms with Crippen molar-refractivity contribution in [3.63, 3.8) is 0 Å². The number of ketones is 2. The van der Waals surface area contributed by atoms with E-state index in [1.54, 1.807) is 0 Å². The molecule has 0 aliphatic rings. The fourth-order valence-electron chi connectivity index (χ4n) is 5.55. The van der Waals surface area contributed by atoms with Crippen molar-refractivity contribution in [3.8, 4) is 0 Å². The number of fused-ring (bicyclic) bond motifs is 12. The zero-order valence-corrected chi connectivity index (χ0v) is 28.1. The zero-order chi connectivity index (χ0) is 31.5. The second kappa shape index (κ2) is 13.9. The molecule has 0 saturated heterocycles. The van der Waals surface area contributed by atoms with Crippen LogP contribution in [0.5, 0.6) is 0 Å². The van der Waals surface area contributed by atoms with Crippen LogP contribution in [0.4, 0.5) is 0 Å². The number of carbonyl (C=O) groups is 2. The molecule has 6 aromatic carbocycles. The molecule has 0 saturated carbocycles. The largest absolute Gasteiger partial charge is 3.00 e. The zero-order valence-electron chi connectivity index (χ0n) is 25.8. The minimum absolute atomic E-state index is 0. The number of benzene rings is 6. The van der Waals surface area contributed by atoms with Gasteiger partial charge >= 0.3 is 20.1 Å². The van der Waals surface area contributed by atoms with Crippen molar-refractivity contribution in [1.29, 1.82) is 0 Å². The number of rotatable bonds is 2. The van der Waals surface area contributed by atoms with Crippen LogP contribution in [-0.2, 0) is 29.7 Å². The molecule has 0 amide bonds. The van der Waals surface area contributed by atoms with E-state index in [2.05, 4.69) is 80.6 Å². The summed E-state index contributed by atoms with van der Waals surface area (Å²) in [6.45, 7) is 6.64. The summed E-state index contributed by atoms with van der Waals surface area (Å²) in [6.07, 6.45) is 4.69. The van der Waals surface area contributed by atoms with Crippen molar-refractivity contribution in [2.45, 2.75) is 27.7 Å². The first-order chi connectivity index (χ1) is 21.8. The van der Waals surface area contributed by atoms with Crippen molar-refractivity contribution >= 4 is 76.7 Å². The van der Waals surface area contributed by atoms with E-state index in [1.165, 1.54) is 35.4 Å². The summed E-state index contributed by atoms with van der Waals surface area (Å²) < 4.78 is 0. The Labute approximate surface area is 280 Å². The van der Waals surface area contributed by atoms with E-state index in [1.807, 2.05) is 62.6 Å². The van der Waals surface area contributed by atoms with Crippen molar-refractivity contribution in [2.24, 2.45) is 0 Å². The van der Waals surface area contributed by atoms with E-state index >= 15 is 0 Å². The second-order valence-electron chi connectivity index (χ2n) is 10.8. The van der Waals surface area contributed by atoms with E-state index in [9.17, 15) is 9.59 Å². The minimum atomic E-state index is -0.187. The van der Waals surface area contributed by atoms with Gasteiger partial charge in [0.05, 0.1) is 22.4 Å². The van der Waals surface area contributed by atoms with E-state index < -0.39 is 0 Å². The summed E-state index contributed by atoms with van der Waals surface area (Å²) in [5.41, 5.74) is 5.66. The van der Waals surface area contributed by atoms with Crippen molar-refractivity contribution in [2.75, 3.05) is 0 Å². The molecule has 2 heterocycles. The van der Waals surface area contributed by atoms with Crippen LogP contribution in [0.2, 0.25) is 0 Å². The van der Waals surface area contributed by atoms with Gasteiger partial charge in [-0.05, 0) is 38.5 Å². The maximum absolute atomic E-state index is 9.98. The standard InChI is InChI=1S/2C17H11N2.C5H7O2.Ir/c2*1-11-10-18-16-14-8-4-2-6-12(14)13-7-3-5-9-15(13)17(16)19-11;1-4(6)3-5(2)7;/h2*2-7,9-10H,1H3;3H,1-2H3;/q3*-1;+3. The topological polar surface area (TPSA) is 85.7 Å². The molecule has 0 aliphatic heterocycles. The number of nitrogens with zero attached hydrogens (tertiary/aromatic N) is 4. The Hall–Kier alpha value is -5.10. The first-order valence-corrected chi connectivity index (χ1v) is 14.6. The van der Waals surface area contributed by atoms with E-state index in [4.69, 9.17) is 0 Å². The van der Waals surface area contributed by atoms with Gasteiger partial charge < -0.3 is 19.6 Å². The van der Waals surface area contributed by atoms with Crippen LogP contribution in [0.3, 0.4) is 0 Å². The van der Waals surface area contributed by atoms with Crippen molar-refractivity contribution in [1.82, 2.24) is 19.9 Å². The minimum Gasteiger partial charge on any atom is -0.334 e. The Morgan fingerprint density at radius 1 is 0.543 bits per heavy atom. The molecule has 46 heavy (non-hydrogen) atoms. The van der Waals surface area contributed by atoms with Crippen LogP contribution in [0.1, 0.15) is 25.2 Å². The van der Waals surface area contributed by atoms with Crippen LogP contribution >= 0.6 is 0 Å². The van der Waals surface area contributed by atoms with Gasteiger partial charge in [0.25, 0.3) is 0 Å². The molecule has 0 radical (unpaired) electrons. The summed E-state index contributed by atoms with van der Waals surface area (Å²) in [5, 5.41) is 9.19. The SMILES string of the molecule is CC(=O)[CH-]C(C)=O.Cc1cnc2c3[c-]cccc3c3ccccc3c2n1.Cc1cnc2c3[c-]cccc3c3ccccc3c2n1.[Ir+3]. The summed E-state index contributed by atoms with van der Waals surface area (Å²) in [7, 11) is 0. The Balaban J connectivity index is 0.000000149. The molecule has 7 heteroatoms. The molecule has 0 bridgehead atoms. The van der Waals surface area contributed by atoms with Gasteiger partial charge in [-0.1, -0.05) is 70.1 Å². The van der Waals surface area contributed by atoms with Crippen molar-refractivity contribution < 1.29 is 29.7 Å². The molecule has 8 aromatic rings. The third kappa shape index (κ3) is 6.47. The van der Waals surface area contributed by atoms with Crippen LogP contribution in [0, 0.1) is 32.4 Å². The molecular weight excluding hydrogens is 749 g/mol. The smallest absolute Gasteiger partial charge is 0.334 e. The van der Waals surface area contributed by atoms with Crippen LogP contribution < -0.4 is 0 Å². The first kappa shape index (κ1) is 32.3. The number of hydrogen-bond acceptors (Lipinski definition) is 6. The number of aromatic nitrogens is 4. The molecular formula is C39H29IrN4O2. The number of carbonyl (C=O) groups excluding carboxylic acids is 2. The molecule has 2 aromatic heterocycles. The Bertz CT molecular complexity index is 2170. The van der Waals surface area contributed by atoms with Gasteiger partial charge in [-0.3, -0.25) is 16.4 Å². The second-order valence-corrected chi connectivity index (χ2v) is 10.8. The fourth-order valence-corrected chi connectivity index (χ4v) is 5.55. The van der Waals surface area contributed by atoms with Gasteiger partial charge in [0.15, 0.2) is 0 Å². The van der Waals surface area contributed by atoms with Crippen LogP contribution in [0.15, 0.2) is 97.3 Å². The summed E-state index contributed by atoms with van der Waals surface area (Å²) in [5.74, 6) is -0.375. The van der Waals surface area contributed by atoms with Crippen LogP contribution in [0.25, 0.3) is 65.2 Å². The predicted octanol–water partition coefficient (Wildman–Crippen LogP) is 8.46. The molecule has 0 unspecified atom stereocenters. The van der Waals surface area contributed by atoms with Gasteiger partial charge in [-0.2, -0.15) is 0 Å². The van der Waals surface area contributed by atoms with Gasteiger partial charge in [0.1, 0.15) is 0 Å². The molecule has 0 aliphatic carbocycles. The van der Waals surface area contributed by atoms with Gasteiger partial charge in [-0.15, -0.1) is 59.3 Å². The fraction of sp³-hybridized carbons (Fsp3) is 0.103. The normalized spacial score (nSPS) is 10.6. The number of Topliss-reactive ketones (excluding diaryl/α,β-unsaturated/α-hetero) is 2. The van der Waals surface area contributed by atoms with Crippen LogP contribution in [-0.4, -0.2) is 31.5 Å². The quantitative estimate of drug-likeness (QED) is 0.0996. The third-order valence-corrected chi connectivity index (χ3v) is 7.32. The Morgan fingerprint density at radius 3 is 1.28 bits per heavy atom. The molecule has 0 spiro atoms. The van der Waals surface area contributed by atoms with Gasteiger partial charge in [-0.25, -0.2) is 0 Å². The molecule has 0 atom stereocenters. The first-order valence-electron chi connectivity index (χ1n) is 14.6. The average molecular weight is 778 g/mol. The molecule has 6 nitrogen and oxygen atoms in total. The van der Waals surface area contributed by atoms with Gasteiger partial charge in [0.2, 0.25) is 0 Å². The average Bonchev–Trinajstić information content (AvgIpc) is 3.05. The molecule has 0 fully saturated rings. The van der Waals surface area contributed by atoms with E-state index in [0.717, 1.165) is 61.4 Å². The summed E-state index contributed by atoms with van der Waals surface area (Å²) in [6, 6.07) is 35.4. The number of hydrogen-bond donors (Lipinski definition) is 0. The Kier molecular flexibility index (Phi) is 9.76. The Morgan fingerprint density at radius 2 is 0.913 bits per heavy atom. The van der Waals surface area contributed by atoms with E-state index in [0.29, 0.717) is 0 Å². The maximum Gasteiger partial charge on any atom is 3.00 e. The number of aryl methyl sites for hydroxylation is 2. The molecule has 226 valence electrons. The van der Waals surface area contributed by atoms with E-state index in [-0.39, 0.29) is 31.7 Å². The predicted molar refractivity (Wildman–Crippen MR) is 182 cm³/mol. The van der Waals surface area contributed by atoms with Gasteiger partial charge in [0, 0.05) is 35.0 Å². The monoisotopic (exact) mass is 778 g/mol.